The molecule has 0 heterocycles. The Balaban J connectivity index is 0.00000280. The molecule has 0 aliphatic heterocycles. The molecule has 3 atom stereocenters. The van der Waals surface area contributed by atoms with Crippen LogP contribution in [0.15, 0.2) is 60.2 Å². The van der Waals surface area contributed by atoms with Gasteiger partial charge in [-0.1, -0.05) is 54.6 Å². The van der Waals surface area contributed by atoms with Crippen molar-refractivity contribution in [3.8, 4) is 0 Å². The summed E-state index contributed by atoms with van der Waals surface area (Å²) >= 11 is 0. The van der Waals surface area contributed by atoms with Crippen molar-refractivity contribution in [1.29, 1.82) is 0 Å². The molecule has 5 heteroatoms. The van der Waals surface area contributed by atoms with Gasteiger partial charge in [0.2, 0.25) is 0 Å². The molecule has 2 unspecified atom stereocenters. The summed E-state index contributed by atoms with van der Waals surface area (Å²) in [5, 5.41) is 3.42. The molecule has 1 aromatic carbocycles. The lowest BCUT2D eigenvalue weighted by molar-refractivity contribution is -0.0889. The molecule has 2 aliphatic rings. The minimum Gasteiger partial charge on any atom is -0.313 e. The molecule has 2 aliphatic carbocycles. The van der Waals surface area contributed by atoms with Crippen molar-refractivity contribution >= 4 is 12.4 Å². The van der Waals surface area contributed by atoms with Crippen LogP contribution in [0.25, 0.3) is 0 Å². The molecule has 3 rings (SSSR count). The van der Waals surface area contributed by atoms with Gasteiger partial charge in [-0.2, -0.15) is 13.2 Å². The quantitative estimate of drug-likeness (QED) is 0.449. The zero-order valence-corrected chi connectivity index (χ0v) is 16.2. The van der Waals surface area contributed by atoms with Gasteiger partial charge in [0.05, 0.1) is 5.57 Å². The molecular weight excluding hydrogens is 371 g/mol. The maximum Gasteiger partial charge on any atom is 0.416 e. The van der Waals surface area contributed by atoms with Crippen LogP contribution in [0.4, 0.5) is 13.2 Å². The molecule has 0 radical (unpaired) electrons. The van der Waals surface area contributed by atoms with Crippen LogP contribution in [0.5, 0.6) is 0 Å². The second-order valence-corrected chi connectivity index (χ2v) is 7.05. The Morgan fingerprint density at radius 2 is 2.04 bits per heavy atom. The zero-order valence-electron chi connectivity index (χ0n) is 16.4. The number of hydrogen-bond acceptors (Lipinski definition) is 1. The van der Waals surface area contributed by atoms with E-state index >= 15 is 0 Å². The highest BCUT2D eigenvalue weighted by atomic mass is 35.5. The first-order valence-electron chi connectivity index (χ1n) is 9.76. The standard InChI is InChI=1S/C22H26F3N.ClH/c1-16(20-13-5-10-18-9-2-3-12-21(18)20)26-14-6-8-17-7-4-11-19(15-17)22(23,24)25;/h2-5,9,11-13,15-17,20,26H,6-8,10,14H2,1H3;1H/t16-,17?,20?;/m1./s1/i20D;. The first-order valence-corrected chi connectivity index (χ1v) is 9.26. The van der Waals surface area contributed by atoms with Gasteiger partial charge in [-0.3, -0.25) is 0 Å². The molecule has 1 nitrogen and oxygen atoms in total. The summed E-state index contributed by atoms with van der Waals surface area (Å²) in [6, 6.07) is 7.97. The van der Waals surface area contributed by atoms with Crippen molar-refractivity contribution < 1.29 is 14.5 Å². The zero-order chi connectivity index (χ0) is 19.5. The van der Waals surface area contributed by atoms with Crippen molar-refractivity contribution in [3.63, 3.8) is 0 Å². The molecule has 0 fully saturated rings. The van der Waals surface area contributed by atoms with Crippen molar-refractivity contribution in [2.45, 2.75) is 50.7 Å². The minimum absolute atomic E-state index is 0. The third kappa shape index (κ3) is 5.73. The number of nitrogens with one attached hydrogen (secondary N) is 1. The number of rotatable bonds is 6. The fourth-order valence-electron chi connectivity index (χ4n) is 3.69. The normalized spacial score (nSPS) is 25.9. The van der Waals surface area contributed by atoms with Crippen LogP contribution in [-0.2, 0) is 6.42 Å². The predicted molar refractivity (Wildman–Crippen MR) is 107 cm³/mol. The van der Waals surface area contributed by atoms with E-state index in [1.54, 1.807) is 6.08 Å². The van der Waals surface area contributed by atoms with Gasteiger partial charge >= 0.3 is 6.18 Å². The monoisotopic (exact) mass is 398 g/mol. The van der Waals surface area contributed by atoms with Crippen LogP contribution in [0, 0.1) is 5.92 Å². The largest absolute Gasteiger partial charge is 0.416 e. The van der Waals surface area contributed by atoms with Gasteiger partial charge in [0, 0.05) is 13.3 Å². The van der Waals surface area contributed by atoms with E-state index in [0.717, 1.165) is 18.4 Å². The molecule has 0 amide bonds. The van der Waals surface area contributed by atoms with Gasteiger partial charge in [0.15, 0.2) is 0 Å². The van der Waals surface area contributed by atoms with Crippen molar-refractivity contribution in [1.82, 2.24) is 5.32 Å². The maximum atomic E-state index is 12.8. The second kappa shape index (κ2) is 9.61. The number of hydrogen-bond donors (Lipinski definition) is 1. The Labute approximate surface area is 167 Å². The van der Waals surface area contributed by atoms with Crippen molar-refractivity contribution in [2.24, 2.45) is 5.92 Å². The maximum absolute atomic E-state index is 12.8. The Morgan fingerprint density at radius 3 is 2.81 bits per heavy atom. The van der Waals surface area contributed by atoms with Crippen LogP contribution < -0.4 is 5.32 Å². The lowest BCUT2D eigenvalue weighted by Gasteiger charge is -2.27. The van der Waals surface area contributed by atoms with Crippen molar-refractivity contribution in [3.05, 3.63) is 71.3 Å². The highest BCUT2D eigenvalue weighted by Crippen LogP contribution is 2.33. The van der Waals surface area contributed by atoms with E-state index in [9.17, 15) is 13.2 Å². The number of fused-ring (bicyclic) bond motifs is 1. The molecule has 0 saturated heterocycles. The van der Waals surface area contributed by atoms with Gasteiger partial charge in [0.1, 0.15) is 0 Å². The smallest absolute Gasteiger partial charge is 0.313 e. The Bertz CT molecular complexity index is 756. The van der Waals surface area contributed by atoms with E-state index in [-0.39, 0.29) is 24.4 Å². The van der Waals surface area contributed by atoms with Gasteiger partial charge in [-0.05, 0) is 56.2 Å². The Morgan fingerprint density at radius 1 is 1.26 bits per heavy atom. The molecule has 0 saturated carbocycles. The van der Waals surface area contributed by atoms with Crippen LogP contribution in [0.3, 0.4) is 0 Å². The summed E-state index contributed by atoms with van der Waals surface area (Å²) in [5.74, 6) is -0.879. The summed E-state index contributed by atoms with van der Waals surface area (Å²) in [4.78, 5) is 0. The van der Waals surface area contributed by atoms with E-state index in [4.69, 9.17) is 1.37 Å². The molecular formula is C22H27ClF3N. The molecule has 27 heavy (non-hydrogen) atoms. The average molecular weight is 399 g/mol. The third-order valence-electron chi connectivity index (χ3n) is 5.11. The van der Waals surface area contributed by atoms with Crippen LogP contribution in [0.2, 0.25) is 0 Å². The lowest BCUT2D eigenvalue weighted by Crippen LogP contribution is -2.33. The molecule has 0 aromatic heterocycles. The van der Waals surface area contributed by atoms with Crippen LogP contribution in [0.1, 0.15) is 44.6 Å². The first-order chi connectivity index (χ1) is 12.8. The van der Waals surface area contributed by atoms with Crippen LogP contribution >= 0.6 is 12.4 Å². The molecule has 1 N–H and O–H groups in total. The fraction of sp³-hybridized carbons (Fsp3) is 0.455. The summed E-state index contributed by atoms with van der Waals surface area (Å²) in [7, 11) is 0. The number of alkyl halides is 3. The van der Waals surface area contributed by atoms with E-state index in [1.165, 1.54) is 17.7 Å². The molecule has 0 bridgehead atoms. The molecule has 1 aromatic rings. The lowest BCUT2D eigenvalue weighted by atomic mass is 9.84. The second-order valence-electron chi connectivity index (χ2n) is 7.05. The van der Waals surface area contributed by atoms with Gasteiger partial charge < -0.3 is 5.32 Å². The van der Waals surface area contributed by atoms with Crippen LogP contribution in [-0.4, -0.2) is 18.8 Å². The van der Waals surface area contributed by atoms with Crippen molar-refractivity contribution in [2.75, 3.05) is 6.54 Å². The highest BCUT2D eigenvalue weighted by Gasteiger charge is 2.33. The van der Waals surface area contributed by atoms with E-state index in [1.807, 2.05) is 37.3 Å². The number of halogens is 4. The topological polar surface area (TPSA) is 12.0 Å². The highest BCUT2D eigenvalue weighted by molar-refractivity contribution is 5.85. The minimum atomic E-state index is -4.26. The molecule has 148 valence electrons. The summed E-state index contributed by atoms with van der Waals surface area (Å²) in [6.45, 7) is 2.69. The summed E-state index contributed by atoms with van der Waals surface area (Å²) in [6.07, 6.45) is 6.89. The Kier molecular flexibility index (Phi) is 7.20. The van der Waals surface area contributed by atoms with Gasteiger partial charge in [-0.15, -0.1) is 12.4 Å². The third-order valence-corrected chi connectivity index (χ3v) is 5.11. The average Bonchev–Trinajstić information content (AvgIpc) is 2.65. The fourth-order valence-corrected chi connectivity index (χ4v) is 3.69. The number of allylic oxidation sites excluding steroid dienone is 5. The first kappa shape index (κ1) is 20.2. The molecule has 0 spiro atoms. The summed E-state index contributed by atoms with van der Waals surface area (Å²) < 4.78 is 47.4. The predicted octanol–water partition coefficient (Wildman–Crippen LogP) is 6.13. The van der Waals surface area contributed by atoms with E-state index in [2.05, 4.69) is 11.4 Å². The number of benzene rings is 1. The van der Waals surface area contributed by atoms with E-state index in [0.29, 0.717) is 19.4 Å². The van der Waals surface area contributed by atoms with Gasteiger partial charge in [-0.25, -0.2) is 0 Å². The SMILES string of the molecule is Cl.[2H]C1([C@@H](C)NCCCC2C=C(C(F)(F)F)C=CC2)C=CCc2ccccc21. The van der Waals surface area contributed by atoms with Gasteiger partial charge in [0.25, 0.3) is 0 Å². The van der Waals surface area contributed by atoms with E-state index < -0.39 is 17.6 Å². The summed E-state index contributed by atoms with van der Waals surface area (Å²) in [5.41, 5.74) is 1.68. The Hall–Kier alpha value is -1.52.